The minimum absolute atomic E-state index is 0.315. The maximum Gasteiger partial charge on any atom is 0.110 e. The molecule has 8 heavy (non-hydrogen) atoms. The summed E-state index contributed by atoms with van der Waals surface area (Å²) in [7, 11) is 1.69. The molecule has 0 radical (unpaired) electrons. The maximum atomic E-state index is 4.94. The fourth-order valence-corrected chi connectivity index (χ4v) is 0.583. The van der Waals surface area contributed by atoms with Gasteiger partial charge in [0.05, 0.1) is 6.10 Å². The van der Waals surface area contributed by atoms with Crippen LogP contribution in [-0.2, 0) is 7.80 Å². The van der Waals surface area contributed by atoms with Gasteiger partial charge in [0.2, 0.25) is 0 Å². The third kappa shape index (κ3) is 4.80. The smallest absolute Gasteiger partial charge is 0.110 e. The van der Waals surface area contributed by atoms with E-state index in [1.165, 1.54) is 0 Å². The zero-order chi connectivity index (χ0) is 6.41. The third-order valence-electron chi connectivity index (χ3n) is 0.881. The Morgan fingerprint density at radius 2 is 2.25 bits per heavy atom. The summed E-state index contributed by atoms with van der Waals surface area (Å²) in [6.45, 7) is 2.80. The molecule has 0 fully saturated rings. The summed E-state index contributed by atoms with van der Waals surface area (Å²) >= 11 is 1.90. The molecule has 0 aromatic carbocycles. The number of rotatable bonds is 4. The molecule has 1 unspecified atom stereocenters. The zero-order valence-electron chi connectivity index (χ0n) is 5.19. The fourth-order valence-electron chi connectivity index (χ4n) is 0.328. The average molecular weight is 230 g/mol. The van der Waals surface area contributed by atoms with Gasteiger partial charge in [-0.1, -0.05) is 0 Å². The third-order valence-corrected chi connectivity index (χ3v) is 1.75. The largest absolute Gasteiger partial charge is 0.385 e. The number of methoxy groups -OCH3 is 1. The molecule has 0 aliphatic carbocycles. The minimum atomic E-state index is 0.315. The molecule has 50 valence electrons. The van der Waals surface area contributed by atoms with E-state index >= 15 is 0 Å². The molecule has 0 rings (SSSR count). The van der Waals surface area contributed by atoms with E-state index in [9.17, 15) is 0 Å². The van der Waals surface area contributed by atoms with Crippen LogP contribution in [0.15, 0.2) is 0 Å². The van der Waals surface area contributed by atoms with Gasteiger partial charge in [-0.2, -0.15) is 0 Å². The second-order valence-corrected chi connectivity index (χ2v) is 2.19. The van der Waals surface area contributed by atoms with E-state index in [4.69, 9.17) is 7.80 Å². The lowest BCUT2D eigenvalue weighted by atomic mass is 10.3. The number of halogens is 1. The maximum absolute atomic E-state index is 4.94. The first-order chi connectivity index (χ1) is 3.81. The van der Waals surface area contributed by atoms with Crippen molar-refractivity contribution in [3.63, 3.8) is 0 Å². The van der Waals surface area contributed by atoms with Gasteiger partial charge in [-0.25, -0.2) is 0 Å². The second kappa shape index (κ2) is 5.78. The topological polar surface area (TPSA) is 18.5 Å². The molecular weight excluding hydrogens is 219 g/mol. The van der Waals surface area contributed by atoms with Crippen molar-refractivity contribution in [2.45, 2.75) is 19.4 Å². The van der Waals surface area contributed by atoms with Gasteiger partial charge in [-0.05, 0) is 13.3 Å². The highest BCUT2D eigenvalue weighted by molar-refractivity contribution is 14.1. The van der Waals surface area contributed by atoms with Crippen LogP contribution in [0, 0.1) is 0 Å². The van der Waals surface area contributed by atoms with Crippen molar-refractivity contribution in [2.24, 2.45) is 0 Å². The lowest BCUT2D eigenvalue weighted by molar-refractivity contribution is 0.158. The van der Waals surface area contributed by atoms with Crippen LogP contribution in [-0.4, -0.2) is 19.8 Å². The van der Waals surface area contributed by atoms with Gasteiger partial charge in [0, 0.05) is 13.7 Å². The van der Waals surface area contributed by atoms with Gasteiger partial charge in [-0.15, -0.1) is 0 Å². The first-order valence-electron chi connectivity index (χ1n) is 2.57. The highest BCUT2D eigenvalue weighted by Gasteiger charge is 1.96. The van der Waals surface area contributed by atoms with Crippen molar-refractivity contribution in [3.8, 4) is 0 Å². The van der Waals surface area contributed by atoms with Crippen LogP contribution in [0.1, 0.15) is 13.3 Å². The van der Waals surface area contributed by atoms with Gasteiger partial charge in [0.15, 0.2) is 0 Å². The zero-order valence-corrected chi connectivity index (χ0v) is 7.34. The Morgan fingerprint density at radius 1 is 1.62 bits per heavy atom. The summed E-state index contributed by atoms with van der Waals surface area (Å²) < 4.78 is 9.77. The Balaban J connectivity index is 2.86. The molecule has 3 heteroatoms. The van der Waals surface area contributed by atoms with Crippen molar-refractivity contribution in [3.05, 3.63) is 0 Å². The number of hydrogen-bond acceptors (Lipinski definition) is 2. The van der Waals surface area contributed by atoms with Crippen LogP contribution in [0.5, 0.6) is 0 Å². The Morgan fingerprint density at radius 3 is 2.62 bits per heavy atom. The van der Waals surface area contributed by atoms with Crippen molar-refractivity contribution in [1.29, 1.82) is 0 Å². The second-order valence-electron chi connectivity index (χ2n) is 1.68. The van der Waals surface area contributed by atoms with Crippen molar-refractivity contribution < 1.29 is 7.80 Å². The van der Waals surface area contributed by atoms with Gasteiger partial charge >= 0.3 is 0 Å². The van der Waals surface area contributed by atoms with E-state index < -0.39 is 0 Å². The molecule has 1 atom stereocenters. The van der Waals surface area contributed by atoms with Crippen LogP contribution < -0.4 is 0 Å². The standard InChI is InChI=1S/C5H11IO2/c1-5(8-6)3-4-7-2/h5H,3-4H2,1-2H3. The molecular formula is C5H11IO2. The summed E-state index contributed by atoms with van der Waals surface area (Å²) in [5.74, 6) is 0. The molecule has 0 heterocycles. The van der Waals surface area contributed by atoms with Crippen LogP contribution in [0.3, 0.4) is 0 Å². The summed E-state index contributed by atoms with van der Waals surface area (Å²) in [5.41, 5.74) is 0. The summed E-state index contributed by atoms with van der Waals surface area (Å²) in [4.78, 5) is 0. The average Bonchev–Trinajstić information content (AvgIpc) is 1.83. The molecule has 0 saturated carbocycles. The molecule has 0 aliphatic heterocycles. The number of hydrogen-bond donors (Lipinski definition) is 0. The Labute approximate surface area is 64.2 Å². The van der Waals surface area contributed by atoms with E-state index in [1.54, 1.807) is 7.11 Å². The van der Waals surface area contributed by atoms with Crippen LogP contribution in [0.2, 0.25) is 0 Å². The van der Waals surface area contributed by atoms with E-state index in [2.05, 4.69) is 0 Å². The summed E-state index contributed by atoms with van der Waals surface area (Å²) in [6.07, 6.45) is 1.29. The molecule has 0 spiro atoms. The molecule has 0 aromatic heterocycles. The van der Waals surface area contributed by atoms with Crippen LogP contribution in [0.25, 0.3) is 0 Å². The van der Waals surface area contributed by atoms with E-state index in [-0.39, 0.29) is 0 Å². The van der Waals surface area contributed by atoms with Gasteiger partial charge < -0.3 is 7.80 Å². The minimum Gasteiger partial charge on any atom is -0.385 e. The molecule has 0 aromatic rings. The van der Waals surface area contributed by atoms with Crippen LogP contribution >= 0.6 is 23.0 Å². The van der Waals surface area contributed by atoms with Crippen molar-refractivity contribution >= 4 is 23.0 Å². The SMILES string of the molecule is COCCC(C)OI. The summed E-state index contributed by atoms with van der Waals surface area (Å²) in [6, 6.07) is 0. The molecule has 0 aliphatic rings. The first-order valence-corrected chi connectivity index (χ1v) is 3.45. The predicted octanol–water partition coefficient (Wildman–Crippen LogP) is 1.78. The summed E-state index contributed by atoms with van der Waals surface area (Å²) in [5, 5.41) is 0. The van der Waals surface area contributed by atoms with Gasteiger partial charge in [-0.3, -0.25) is 0 Å². The Hall–Kier alpha value is 0.650. The quantitative estimate of drug-likeness (QED) is 0.685. The molecule has 0 amide bonds. The highest BCUT2D eigenvalue weighted by atomic mass is 127. The van der Waals surface area contributed by atoms with E-state index in [1.807, 2.05) is 29.9 Å². The Kier molecular flexibility index (Phi) is 6.25. The first kappa shape index (κ1) is 8.65. The molecule has 0 bridgehead atoms. The van der Waals surface area contributed by atoms with Crippen LogP contribution in [0.4, 0.5) is 0 Å². The fraction of sp³-hybridized carbons (Fsp3) is 1.00. The van der Waals surface area contributed by atoms with Gasteiger partial charge in [0.25, 0.3) is 0 Å². The Bertz CT molecular complexity index is 49.7. The molecule has 0 N–H and O–H groups in total. The van der Waals surface area contributed by atoms with Gasteiger partial charge in [0.1, 0.15) is 23.0 Å². The highest BCUT2D eigenvalue weighted by Crippen LogP contribution is 2.00. The van der Waals surface area contributed by atoms with E-state index in [0.717, 1.165) is 13.0 Å². The lowest BCUT2D eigenvalue weighted by Crippen LogP contribution is -2.04. The lowest BCUT2D eigenvalue weighted by Gasteiger charge is -2.04. The van der Waals surface area contributed by atoms with Crippen molar-refractivity contribution in [1.82, 2.24) is 0 Å². The normalized spacial score (nSPS) is 13.9. The molecule has 2 nitrogen and oxygen atoms in total. The molecule has 0 saturated heterocycles. The van der Waals surface area contributed by atoms with E-state index in [0.29, 0.717) is 6.10 Å². The number of ether oxygens (including phenoxy) is 1. The van der Waals surface area contributed by atoms with Crippen molar-refractivity contribution in [2.75, 3.05) is 13.7 Å². The monoisotopic (exact) mass is 230 g/mol. The predicted molar refractivity (Wildman–Crippen MR) is 41.1 cm³/mol.